The molecule has 0 saturated carbocycles. The van der Waals surface area contributed by atoms with E-state index in [2.05, 4.69) is 4.98 Å². The molecule has 2 heterocycles. The third-order valence-electron chi connectivity index (χ3n) is 4.91. The molecule has 136 valence electrons. The number of hydrogen-bond acceptors (Lipinski definition) is 3. The Morgan fingerprint density at radius 1 is 1.07 bits per heavy atom. The number of aromatic nitrogens is 1. The number of amides is 1. The number of aromatic amines is 1. The predicted octanol–water partition coefficient (Wildman–Crippen LogP) is 4.50. The van der Waals surface area contributed by atoms with Crippen molar-refractivity contribution in [2.75, 3.05) is 6.54 Å². The number of fused-ring (bicyclic) bond motifs is 2. The van der Waals surface area contributed by atoms with Gasteiger partial charge >= 0.3 is 0 Å². The van der Waals surface area contributed by atoms with Gasteiger partial charge in [0.25, 0.3) is 11.5 Å². The van der Waals surface area contributed by atoms with Gasteiger partial charge in [0.1, 0.15) is 17.0 Å². The zero-order valence-corrected chi connectivity index (χ0v) is 15.2. The summed E-state index contributed by atoms with van der Waals surface area (Å²) in [7, 11) is 0. The Labute approximate surface area is 156 Å². The van der Waals surface area contributed by atoms with Gasteiger partial charge in [0.15, 0.2) is 0 Å². The number of rotatable bonds is 4. The molecular formula is C22H20N2O3. The van der Waals surface area contributed by atoms with Crippen molar-refractivity contribution in [1.82, 2.24) is 9.88 Å². The lowest BCUT2D eigenvalue weighted by Crippen LogP contribution is -2.34. The van der Waals surface area contributed by atoms with Crippen LogP contribution in [-0.2, 0) is 0 Å². The maximum absolute atomic E-state index is 13.1. The number of furan rings is 1. The van der Waals surface area contributed by atoms with Gasteiger partial charge in [-0.25, -0.2) is 0 Å². The molecule has 0 aliphatic heterocycles. The number of benzene rings is 2. The minimum Gasteiger partial charge on any atom is -0.459 e. The Hall–Kier alpha value is -3.34. The van der Waals surface area contributed by atoms with E-state index in [0.29, 0.717) is 11.9 Å². The molecule has 4 aromatic rings. The van der Waals surface area contributed by atoms with Crippen LogP contribution in [0.5, 0.6) is 0 Å². The van der Waals surface area contributed by atoms with Gasteiger partial charge in [-0.3, -0.25) is 9.59 Å². The molecule has 0 spiro atoms. The molecule has 1 atom stereocenters. The molecule has 0 radical (unpaired) electrons. The minimum atomic E-state index is -0.260. The monoisotopic (exact) mass is 360 g/mol. The fraction of sp³-hybridized carbons (Fsp3) is 0.182. The van der Waals surface area contributed by atoms with Gasteiger partial charge in [-0.05, 0) is 43.5 Å². The number of carbonyl (C=O) groups excluding carboxylic acids is 1. The highest BCUT2D eigenvalue weighted by atomic mass is 16.3. The van der Waals surface area contributed by atoms with Gasteiger partial charge in [-0.15, -0.1) is 0 Å². The van der Waals surface area contributed by atoms with Gasteiger partial charge in [-0.2, -0.15) is 0 Å². The second-order valence-electron chi connectivity index (χ2n) is 6.55. The molecule has 0 saturated heterocycles. The molecule has 5 nitrogen and oxygen atoms in total. The minimum absolute atomic E-state index is 0.228. The standard InChI is InChI=1S/C22H20N2O3/c1-3-24(14(2)20-13-16-9-5-7-11-19(16)27-20)22(26)18-12-15-8-4-6-10-17(15)21(25)23-18/h4-14H,3H2,1-2H3,(H,23,25). The summed E-state index contributed by atoms with van der Waals surface area (Å²) in [5.74, 6) is 0.489. The van der Waals surface area contributed by atoms with Crippen LogP contribution in [0.1, 0.15) is 36.1 Å². The molecule has 1 N–H and O–H groups in total. The Morgan fingerprint density at radius 3 is 2.52 bits per heavy atom. The molecule has 2 aromatic carbocycles. The first kappa shape index (κ1) is 17.1. The molecule has 1 amide bonds. The number of H-pyrrole nitrogens is 1. The lowest BCUT2D eigenvalue weighted by atomic mass is 10.1. The average Bonchev–Trinajstić information content (AvgIpc) is 3.12. The fourth-order valence-electron chi connectivity index (χ4n) is 3.44. The Balaban J connectivity index is 1.71. The van der Waals surface area contributed by atoms with Gasteiger partial charge in [0, 0.05) is 17.3 Å². The van der Waals surface area contributed by atoms with Crippen LogP contribution in [-0.4, -0.2) is 22.3 Å². The molecule has 5 heteroatoms. The zero-order valence-electron chi connectivity index (χ0n) is 15.2. The number of para-hydroxylation sites is 1. The van der Waals surface area contributed by atoms with Crippen molar-refractivity contribution in [3.8, 4) is 0 Å². The summed E-state index contributed by atoms with van der Waals surface area (Å²) in [6.07, 6.45) is 0. The number of hydrogen-bond donors (Lipinski definition) is 1. The summed E-state index contributed by atoms with van der Waals surface area (Å²) in [6.45, 7) is 4.33. The molecule has 4 rings (SSSR count). The van der Waals surface area contributed by atoms with Crippen LogP contribution >= 0.6 is 0 Å². The molecule has 1 unspecified atom stereocenters. The van der Waals surface area contributed by atoms with E-state index in [1.165, 1.54) is 0 Å². The summed E-state index contributed by atoms with van der Waals surface area (Å²) in [6, 6.07) is 18.4. The molecule has 27 heavy (non-hydrogen) atoms. The van der Waals surface area contributed by atoms with Gasteiger partial charge in [0.2, 0.25) is 0 Å². The Morgan fingerprint density at radius 2 is 1.78 bits per heavy atom. The lowest BCUT2D eigenvalue weighted by molar-refractivity contribution is 0.0678. The maximum Gasteiger partial charge on any atom is 0.270 e. The number of pyridine rings is 1. The molecule has 0 aliphatic carbocycles. The second kappa shape index (κ2) is 6.76. The Bertz CT molecular complexity index is 1160. The smallest absolute Gasteiger partial charge is 0.270 e. The topological polar surface area (TPSA) is 66.3 Å². The largest absolute Gasteiger partial charge is 0.459 e. The molecule has 0 fully saturated rings. The second-order valence-corrected chi connectivity index (χ2v) is 6.55. The van der Waals surface area contributed by atoms with E-state index < -0.39 is 0 Å². The van der Waals surface area contributed by atoms with Crippen molar-refractivity contribution in [2.24, 2.45) is 0 Å². The van der Waals surface area contributed by atoms with Gasteiger partial charge in [0.05, 0.1) is 6.04 Å². The highest BCUT2D eigenvalue weighted by molar-refractivity contribution is 5.96. The normalized spacial score (nSPS) is 12.4. The van der Waals surface area contributed by atoms with Crippen LogP contribution in [0.2, 0.25) is 0 Å². The summed E-state index contributed by atoms with van der Waals surface area (Å²) in [5.41, 5.74) is 0.814. The summed E-state index contributed by atoms with van der Waals surface area (Å²) in [4.78, 5) is 29.9. The first-order chi connectivity index (χ1) is 13.1. The van der Waals surface area contributed by atoms with E-state index in [1.807, 2.05) is 56.3 Å². The zero-order chi connectivity index (χ0) is 19.0. The van der Waals surface area contributed by atoms with Crippen molar-refractivity contribution in [3.63, 3.8) is 0 Å². The van der Waals surface area contributed by atoms with Crippen LogP contribution < -0.4 is 5.56 Å². The molecule has 2 aromatic heterocycles. The van der Waals surface area contributed by atoms with E-state index in [1.54, 1.807) is 23.1 Å². The van der Waals surface area contributed by atoms with Crippen LogP contribution in [0, 0.1) is 0 Å². The van der Waals surface area contributed by atoms with E-state index in [-0.39, 0.29) is 23.2 Å². The van der Waals surface area contributed by atoms with Crippen molar-refractivity contribution >= 4 is 27.6 Å². The highest BCUT2D eigenvalue weighted by Crippen LogP contribution is 2.28. The number of carbonyl (C=O) groups is 1. The van der Waals surface area contributed by atoms with Crippen molar-refractivity contribution < 1.29 is 9.21 Å². The Kier molecular flexibility index (Phi) is 4.28. The number of nitrogens with zero attached hydrogens (tertiary/aromatic N) is 1. The summed E-state index contributed by atoms with van der Waals surface area (Å²) in [5, 5.41) is 2.32. The molecule has 0 aliphatic rings. The van der Waals surface area contributed by atoms with Crippen LogP contribution in [0.15, 0.2) is 69.9 Å². The van der Waals surface area contributed by atoms with E-state index in [9.17, 15) is 9.59 Å². The first-order valence-electron chi connectivity index (χ1n) is 9.00. The molecular weight excluding hydrogens is 340 g/mol. The fourth-order valence-corrected chi connectivity index (χ4v) is 3.44. The third-order valence-corrected chi connectivity index (χ3v) is 4.91. The van der Waals surface area contributed by atoms with Crippen LogP contribution in [0.3, 0.4) is 0 Å². The summed E-state index contributed by atoms with van der Waals surface area (Å²) >= 11 is 0. The average molecular weight is 360 g/mol. The van der Waals surface area contributed by atoms with E-state index >= 15 is 0 Å². The predicted molar refractivity (Wildman–Crippen MR) is 106 cm³/mol. The van der Waals surface area contributed by atoms with Gasteiger partial charge in [-0.1, -0.05) is 36.4 Å². The van der Waals surface area contributed by atoms with Crippen LogP contribution in [0.25, 0.3) is 21.7 Å². The van der Waals surface area contributed by atoms with Crippen LogP contribution in [0.4, 0.5) is 0 Å². The van der Waals surface area contributed by atoms with Crippen molar-refractivity contribution in [3.05, 3.63) is 82.5 Å². The lowest BCUT2D eigenvalue weighted by Gasteiger charge is -2.26. The SMILES string of the molecule is CCN(C(=O)c1cc2ccccc2c(=O)[nH]1)C(C)c1cc2ccccc2o1. The van der Waals surface area contributed by atoms with Crippen molar-refractivity contribution in [1.29, 1.82) is 0 Å². The number of nitrogens with one attached hydrogen (secondary N) is 1. The first-order valence-corrected chi connectivity index (χ1v) is 9.00. The van der Waals surface area contributed by atoms with Gasteiger partial charge < -0.3 is 14.3 Å². The quantitative estimate of drug-likeness (QED) is 0.583. The third kappa shape index (κ3) is 3.01. The molecule has 0 bridgehead atoms. The van der Waals surface area contributed by atoms with E-state index in [0.717, 1.165) is 22.1 Å². The summed E-state index contributed by atoms with van der Waals surface area (Å²) < 4.78 is 5.93. The van der Waals surface area contributed by atoms with E-state index in [4.69, 9.17) is 4.42 Å². The maximum atomic E-state index is 13.1. The van der Waals surface area contributed by atoms with Crippen molar-refractivity contribution in [2.45, 2.75) is 19.9 Å². The highest BCUT2D eigenvalue weighted by Gasteiger charge is 2.25.